The van der Waals surface area contributed by atoms with Crippen molar-refractivity contribution in [1.82, 2.24) is 14.9 Å². The highest BCUT2D eigenvalue weighted by atomic mass is 79.9. The number of benzene rings is 2. The third-order valence-electron chi connectivity index (χ3n) is 5.37. The van der Waals surface area contributed by atoms with Crippen molar-refractivity contribution < 1.29 is 0 Å². The Labute approximate surface area is 199 Å². The first-order chi connectivity index (χ1) is 15.1. The van der Waals surface area contributed by atoms with Crippen molar-refractivity contribution in [2.45, 2.75) is 12.1 Å². The molecule has 2 aromatic heterocycles. The zero-order chi connectivity index (χ0) is 21.4. The maximum atomic E-state index is 6.15. The van der Waals surface area contributed by atoms with Crippen LogP contribution in [0.4, 0.5) is 5.69 Å². The summed E-state index contributed by atoms with van der Waals surface area (Å²) < 4.78 is 3.23. The molecule has 0 spiro atoms. The second-order valence-corrected chi connectivity index (χ2v) is 8.99. The number of pyridine rings is 1. The van der Waals surface area contributed by atoms with Crippen molar-refractivity contribution in [3.63, 3.8) is 0 Å². The fourth-order valence-electron chi connectivity index (χ4n) is 4.03. The van der Waals surface area contributed by atoms with E-state index >= 15 is 0 Å². The van der Waals surface area contributed by atoms with E-state index in [9.17, 15) is 0 Å². The molecule has 0 saturated carbocycles. The summed E-state index contributed by atoms with van der Waals surface area (Å²) in [6.45, 7) is 0. The summed E-state index contributed by atoms with van der Waals surface area (Å²) in [5, 5.41) is 4.85. The summed E-state index contributed by atoms with van der Waals surface area (Å²) in [4.78, 5) is 6.78. The first kappa shape index (κ1) is 20.2. The molecule has 1 N–H and O–H groups in total. The Morgan fingerprint density at radius 2 is 1.77 bits per heavy atom. The average Bonchev–Trinajstić information content (AvgIpc) is 3.39. The molecule has 3 heterocycles. The Morgan fingerprint density at radius 1 is 0.935 bits per heavy atom. The Balaban J connectivity index is 1.67. The van der Waals surface area contributed by atoms with E-state index in [0.717, 1.165) is 27.2 Å². The SMILES string of the molecule is S=C1N[C@@H](c2ccccn2)[C@@H](c2cccn2-c2cccc(Br)c2)N1c1ccc(Cl)cc1. The molecule has 0 amide bonds. The summed E-state index contributed by atoms with van der Waals surface area (Å²) in [5.41, 5.74) is 4.10. The standard InChI is InChI=1S/C24H18BrClN4S/c25-16-5-3-6-19(15-16)29-14-4-8-21(29)23-22(20-7-1-2-13-27-20)28-24(31)30(23)18-11-9-17(26)10-12-18/h1-15,22-23H,(H,28,31)/t22-,23+/m0/s1. The van der Waals surface area contributed by atoms with Crippen molar-refractivity contribution in [3.05, 3.63) is 112 Å². The van der Waals surface area contributed by atoms with E-state index in [0.29, 0.717) is 10.1 Å². The van der Waals surface area contributed by atoms with Gasteiger partial charge in [-0.05, 0) is 78.9 Å². The van der Waals surface area contributed by atoms with Gasteiger partial charge in [0, 0.05) is 39.0 Å². The minimum absolute atomic E-state index is 0.0995. The Morgan fingerprint density at radius 3 is 2.52 bits per heavy atom. The van der Waals surface area contributed by atoms with E-state index < -0.39 is 0 Å². The molecule has 1 fully saturated rings. The van der Waals surface area contributed by atoms with Crippen LogP contribution in [0.25, 0.3) is 5.69 Å². The predicted molar refractivity (Wildman–Crippen MR) is 133 cm³/mol. The van der Waals surface area contributed by atoms with E-state index in [4.69, 9.17) is 23.8 Å². The van der Waals surface area contributed by atoms with Crippen LogP contribution in [0, 0.1) is 0 Å². The summed E-state index contributed by atoms with van der Waals surface area (Å²) >= 11 is 15.5. The molecule has 0 radical (unpaired) electrons. The van der Waals surface area contributed by atoms with Crippen molar-refractivity contribution in [1.29, 1.82) is 0 Å². The van der Waals surface area contributed by atoms with Crippen LogP contribution in [0.3, 0.4) is 0 Å². The summed E-state index contributed by atoms with van der Waals surface area (Å²) in [7, 11) is 0. The maximum Gasteiger partial charge on any atom is 0.174 e. The molecule has 0 unspecified atom stereocenters. The van der Waals surface area contributed by atoms with Gasteiger partial charge >= 0.3 is 0 Å². The van der Waals surface area contributed by atoms with Crippen LogP contribution in [-0.2, 0) is 0 Å². The second kappa shape index (κ2) is 8.46. The highest BCUT2D eigenvalue weighted by Gasteiger charge is 2.42. The highest BCUT2D eigenvalue weighted by Crippen LogP contribution is 2.42. The van der Waals surface area contributed by atoms with Crippen LogP contribution in [0.2, 0.25) is 5.02 Å². The number of hydrogen-bond donors (Lipinski definition) is 1. The fraction of sp³-hybridized carbons (Fsp3) is 0.0833. The monoisotopic (exact) mass is 508 g/mol. The molecule has 1 saturated heterocycles. The molecule has 0 bridgehead atoms. The number of halogens is 2. The van der Waals surface area contributed by atoms with E-state index in [1.54, 1.807) is 0 Å². The Bertz CT molecular complexity index is 1230. The zero-order valence-electron chi connectivity index (χ0n) is 16.3. The van der Waals surface area contributed by atoms with Crippen LogP contribution in [0.5, 0.6) is 0 Å². The van der Waals surface area contributed by atoms with Gasteiger partial charge in [-0.25, -0.2) is 0 Å². The molecule has 2 atom stereocenters. The molecule has 0 aliphatic carbocycles. The first-order valence-electron chi connectivity index (χ1n) is 9.81. The molecule has 2 aromatic carbocycles. The minimum atomic E-state index is -0.106. The first-order valence-corrected chi connectivity index (χ1v) is 11.4. The van der Waals surface area contributed by atoms with Gasteiger partial charge in [-0.3, -0.25) is 4.98 Å². The molecular formula is C24H18BrClN4S. The third kappa shape index (κ3) is 3.87. The molecule has 5 rings (SSSR count). The predicted octanol–water partition coefficient (Wildman–Crippen LogP) is 6.47. The zero-order valence-corrected chi connectivity index (χ0v) is 19.5. The number of anilines is 1. The topological polar surface area (TPSA) is 33.1 Å². The summed E-state index contributed by atoms with van der Waals surface area (Å²) in [6, 6.07) is 26.0. The molecular weight excluding hydrogens is 492 g/mol. The van der Waals surface area contributed by atoms with Crippen LogP contribution in [-0.4, -0.2) is 14.7 Å². The molecule has 1 aliphatic heterocycles. The number of rotatable bonds is 4. The van der Waals surface area contributed by atoms with Gasteiger partial charge in [0.05, 0.1) is 11.7 Å². The molecule has 4 aromatic rings. The number of nitrogens with zero attached hydrogens (tertiary/aromatic N) is 3. The smallest absolute Gasteiger partial charge is 0.174 e. The van der Waals surface area contributed by atoms with Gasteiger partial charge in [0.25, 0.3) is 0 Å². The number of thiocarbonyl (C=S) groups is 1. The molecule has 154 valence electrons. The van der Waals surface area contributed by atoms with Gasteiger partial charge in [0.1, 0.15) is 6.04 Å². The lowest BCUT2D eigenvalue weighted by Crippen LogP contribution is -2.30. The lowest BCUT2D eigenvalue weighted by atomic mass is 10.0. The number of hydrogen-bond acceptors (Lipinski definition) is 2. The van der Waals surface area contributed by atoms with Crippen molar-refractivity contribution in [2.24, 2.45) is 0 Å². The maximum absolute atomic E-state index is 6.15. The van der Waals surface area contributed by atoms with Crippen molar-refractivity contribution in [3.8, 4) is 5.69 Å². The van der Waals surface area contributed by atoms with Crippen LogP contribution in [0.1, 0.15) is 23.5 Å². The fourth-order valence-corrected chi connectivity index (χ4v) is 4.89. The van der Waals surface area contributed by atoms with E-state index in [2.05, 4.69) is 66.2 Å². The summed E-state index contributed by atoms with van der Waals surface area (Å²) in [5.74, 6) is 0. The molecule has 7 heteroatoms. The van der Waals surface area contributed by atoms with Crippen LogP contribution in [0.15, 0.2) is 95.7 Å². The lowest BCUT2D eigenvalue weighted by Gasteiger charge is -2.29. The summed E-state index contributed by atoms with van der Waals surface area (Å²) in [6.07, 6.45) is 3.89. The average molecular weight is 510 g/mol. The van der Waals surface area contributed by atoms with Gasteiger partial charge in [0.15, 0.2) is 5.11 Å². The van der Waals surface area contributed by atoms with E-state index in [1.807, 2.05) is 60.8 Å². The van der Waals surface area contributed by atoms with Gasteiger partial charge in [-0.1, -0.05) is 39.7 Å². The minimum Gasteiger partial charge on any atom is -0.351 e. The van der Waals surface area contributed by atoms with Crippen LogP contribution < -0.4 is 10.2 Å². The van der Waals surface area contributed by atoms with E-state index in [-0.39, 0.29) is 12.1 Å². The largest absolute Gasteiger partial charge is 0.351 e. The van der Waals surface area contributed by atoms with Gasteiger partial charge in [-0.15, -0.1) is 0 Å². The number of aromatic nitrogens is 2. The highest BCUT2D eigenvalue weighted by molar-refractivity contribution is 9.10. The molecule has 4 nitrogen and oxygen atoms in total. The lowest BCUT2D eigenvalue weighted by molar-refractivity contribution is 0.549. The van der Waals surface area contributed by atoms with Gasteiger partial charge in [0.2, 0.25) is 0 Å². The third-order valence-corrected chi connectivity index (χ3v) is 6.43. The Kier molecular flexibility index (Phi) is 5.52. The number of nitrogens with one attached hydrogen (secondary N) is 1. The molecule has 31 heavy (non-hydrogen) atoms. The quantitative estimate of drug-likeness (QED) is 0.320. The van der Waals surface area contributed by atoms with E-state index in [1.165, 1.54) is 0 Å². The van der Waals surface area contributed by atoms with Crippen molar-refractivity contribution >= 4 is 50.5 Å². The van der Waals surface area contributed by atoms with Gasteiger partial charge < -0.3 is 14.8 Å². The Hall–Kier alpha value is -2.67. The molecule has 1 aliphatic rings. The van der Waals surface area contributed by atoms with Crippen LogP contribution >= 0.6 is 39.7 Å². The van der Waals surface area contributed by atoms with Gasteiger partial charge in [-0.2, -0.15) is 0 Å². The second-order valence-electron chi connectivity index (χ2n) is 7.26. The normalized spacial score (nSPS) is 18.3. The van der Waals surface area contributed by atoms with Crippen molar-refractivity contribution in [2.75, 3.05) is 4.90 Å².